The molecule has 1 amide bonds. The molecule has 20 heavy (non-hydrogen) atoms. The van der Waals surface area contributed by atoms with Crippen LogP contribution in [0.5, 0.6) is 0 Å². The number of nitrogens with zero attached hydrogens (tertiary/aromatic N) is 1. The zero-order valence-corrected chi connectivity index (χ0v) is 12.9. The van der Waals surface area contributed by atoms with Gasteiger partial charge >= 0.3 is 0 Å². The fourth-order valence-electron chi connectivity index (χ4n) is 2.47. The second-order valence-electron chi connectivity index (χ2n) is 5.09. The Morgan fingerprint density at radius 3 is 2.60 bits per heavy atom. The zero-order valence-electron chi connectivity index (χ0n) is 11.3. The van der Waals surface area contributed by atoms with Crippen molar-refractivity contribution in [2.24, 2.45) is 11.7 Å². The highest BCUT2D eigenvalue weighted by molar-refractivity contribution is 6.31. The summed E-state index contributed by atoms with van der Waals surface area (Å²) in [6, 6.07) is 4.64. The van der Waals surface area contributed by atoms with Crippen LogP contribution in [0.1, 0.15) is 30.1 Å². The van der Waals surface area contributed by atoms with E-state index in [0.29, 0.717) is 19.0 Å². The van der Waals surface area contributed by atoms with Crippen LogP contribution < -0.4 is 5.73 Å². The van der Waals surface area contributed by atoms with Crippen LogP contribution in [0.15, 0.2) is 18.2 Å². The van der Waals surface area contributed by atoms with Gasteiger partial charge in [-0.3, -0.25) is 4.79 Å². The van der Waals surface area contributed by atoms with Crippen LogP contribution in [-0.4, -0.2) is 29.9 Å². The van der Waals surface area contributed by atoms with E-state index in [1.807, 2.05) is 6.92 Å². The van der Waals surface area contributed by atoms with E-state index >= 15 is 0 Å². The average Bonchev–Trinajstić information content (AvgIpc) is 2.41. The number of nitrogens with two attached hydrogens (primary N) is 1. The molecule has 1 aromatic rings. The number of likely N-dealkylation sites (tertiary alicyclic amines) is 1. The number of carbonyl (C=O) groups excluding carboxylic acids is 1. The molecule has 1 heterocycles. The van der Waals surface area contributed by atoms with Crippen molar-refractivity contribution in [3.05, 3.63) is 34.6 Å². The third-order valence-corrected chi connectivity index (χ3v) is 4.04. The number of hydrogen-bond donors (Lipinski definition) is 1. The molecule has 1 aliphatic rings. The van der Waals surface area contributed by atoms with E-state index in [1.165, 1.54) is 12.1 Å². The van der Waals surface area contributed by atoms with E-state index < -0.39 is 5.82 Å². The van der Waals surface area contributed by atoms with E-state index in [9.17, 15) is 9.18 Å². The summed E-state index contributed by atoms with van der Waals surface area (Å²) in [5.41, 5.74) is 5.91. The van der Waals surface area contributed by atoms with E-state index in [4.69, 9.17) is 17.3 Å². The Kier molecular flexibility index (Phi) is 6.24. The first-order valence-corrected chi connectivity index (χ1v) is 6.87. The Hall–Kier alpha value is -0.840. The molecule has 0 aliphatic carbocycles. The largest absolute Gasteiger partial charge is 0.339 e. The predicted molar refractivity (Wildman–Crippen MR) is 80.9 cm³/mol. The van der Waals surface area contributed by atoms with Gasteiger partial charge in [0.1, 0.15) is 0 Å². The van der Waals surface area contributed by atoms with Crippen molar-refractivity contribution in [3.8, 4) is 0 Å². The van der Waals surface area contributed by atoms with Gasteiger partial charge in [-0.25, -0.2) is 4.39 Å². The minimum absolute atomic E-state index is 0. The molecule has 0 spiro atoms. The van der Waals surface area contributed by atoms with E-state index in [2.05, 4.69) is 0 Å². The van der Waals surface area contributed by atoms with Crippen molar-refractivity contribution in [1.82, 2.24) is 4.90 Å². The van der Waals surface area contributed by atoms with Gasteiger partial charge in [0, 0.05) is 19.1 Å². The van der Waals surface area contributed by atoms with Crippen LogP contribution in [0, 0.1) is 11.7 Å². The lowest BCUT2D eigenvalue weighted by atomic mass is 9.90. The number of rotatable bonds is 2. The highest BCUT2D eigenvalue weighted by Gasteiger charge is 2.27. The molecule has 112 valence electrons. The Labute approximate surface area is 129 Å². The molecule has 1 atom stereocenters. The first-order valence-electron chi connectivity index (χ1n) is 6.49. The molecule has 0 radical (unpaired) electrons. The van der Waals surface area contributed by atoms with Crippen molar-refractivity contribution < 1.29 is 9.18 Å². The summed E-state index contributed by atoms with van der Waals surface area (Å²) in [5, 5.41) is -0.0173. The van der Waals surface area contributed by atoms with Crippen molar-refractivity contribution >= 4 is 29.9 Å². The summed E-state index contributed by atoms with van der Waals surface area (Å²) in [5.74, 6) is -0.486. The maximum Gasteiger partial charge on any atom is 0.256 e. The van der Waals surface area contributed by atoms with E-state index in [1.54, 1.807) is 11.0 Å². The molecule has 1 aliphatic heterocycles. The fourth-order valence-corrected chi connectivity index (χ4v) is 2.64. The standard InChI is InChI=1S/C14H18ClFN2O.ClH/c1-9(17)10-5-7-18(8-6-10)14(19)11-3-2-4-12(15)13(11)16;/h2-4,9-10H,5-8,17H2,1H3;1H. The summed E-state index contributed by atoms with van der Waals surface area (Å²) in [4.78, 5) is 13.9. The lowest BCUT2D eigenvalue weighted by molar-refractivity contribution is 0.0676. The maximum absolute atomic E-state index is 13.8. The summed E-state index contributed by atoms with van der Waals surface area (Å²) in [7, 11) is 0. The highest BCUT2D eigenvalue weighted by atomic mass is 35.5. The third kappa shape index (κ3) is 3.62. The summed E-state index contributed by atoms with van der Waals surface area (Å²) >= 11 is 5.70. The number of carbonyl (C=O) groups is 1. The van der Waals surface area contributed by atoms with Crippen molar-refractivity contribution in [2.75, 3.05) is 13.1 Å². The Morgan fingerprint density at radius 1 is 1.45 bits per heavy atom. The fraction of sp³-hybridized carbons (Fsp3) is 0.500. The number of halogens is 3. The van der Waals surface area contributed by atoms with Gasteiger partial charge in [0.15, 0.2) is 5.82 Å². The van der Waals surface area contributed by atoms with Crippen LogP contribution in [0.25, 0.3) is 0 Å². The maximum atomic E-state index is 13.8. The van der Waals surface area contributed by atoms with Crippen LogP contribution >= 0.6 is 24.0 Å². The third-order valence-electron chi connectivity index (χ3n) is 3.75. The molecule has 0 aromatic heterocycles. The van der Waals surface area contributed by atoms with Crippen molar-refractivity contribution in [2.45, 2.75) is 25.8 Å². The molecule has 1 aromatic carbocycles. The Morgan fingerprint density at radius 2 is 2.05 bits per heavy atom. The van der Waals surface area contributed by atoms with Crippen molar-refractivity contribution in [3.63, 3.8) is 0 Å². The van der Waals surface area contributed by atoms with Gasteiger partial charge in [0.05, 0.1) is 10.6 Å². The SMILES string of the molecule is CC(N)C1CCN(C(=O)c2cccc(Cl)c2F)CC1.Cl. The Balaban J connectivity index is 0.00000200. The van der Waals surface area contributed by atoms with Gasteiger partial charge in [-0.15, -0.1) is 12.4 Å². The highest BCUT2D eigenvalue weighted by Crippen LogP contribution is 2.23. The molecule has 2 rings (SSSR count). The second kappa shape index (κ2) is 7.25. The van der Waals surface area contributed by atoms with Gasteiger partial charge in [0.25, 0.3) is 5.91 Å². The van der Waals surface area contributed by atoms with Gasteiger partial charge < -0.3 is 10.6 Å². The minimum Gasteiger partial charge on any atom is -0.339 e. The van der Waals surface area contributed by atoms with Crippen LogP contribution in [0.2, 0.25) is 5.02 Å². The molecule has 6 heteroatoms. The van der Waals surface area contributed by atoms with Gasteiger partial charge in [-0.1, -0.05) is 17.7 Å². The average molecular weight is 321 g/mol. The lowest BCUT2D eigenvalue weighted by Gasteiger charge is -2.33. The van der Waals surface area contributed by atoms with Crippen LogP contribution in [0.3, 0.4) is 0 Å². The van der Waals surface area contributed by atoms with Crippen LogP contribution in [0.4, 0.5) is 4.39 Å². The normalized spacial score (nSPS) is 17.5. The van der Waals surface area contributed by atoms with Crippen LogP contribution in [-0.2, 0) is 0 Å². The molecular formula is C14H19Cl2FN2O. The topological polar surface area (TPSA) is 46.3 Å². The van der Waals surface area contributed by atoms with Gasteiger partial charge in [0.2, 0.25) is 0 Å². The molecular weight excluding hydrogens is 302 g/mol. The predicted octanol–water partition coefficient (Wildman–Crippen LogP) is 3.10. The summed E-state index contributed by atoms with van der Waals surface area (Å²) < 4.78 is 13.8. The quantitative estimate of drug-likeness (QED) is 0.910. The molecule has 2 N–H and O–H groups in total. The number of amides is 1. The minimum atomic E-state index is -0.636. The first-order chi connectivity index (χ1) is 9.00. The molecule has 0 bridgehead atoms. The van der Waals surface area contributed by atoms with E-state index in [0.717, 1.165) is 12.8 Å². The number of hydrogen-bond acceptors (Lipinski definition) is 2. The first kappa shape index (κ1) is 17.2. The van der Waals surface area contributed by atoms with E-state index in [-0.39, 0.29) is 34.9 Å². The second-order valence-corrected chi connectivity index (χ2v) is 5.50. The molecule has 1 saturated heterocycles. The number of piperidine rings is 1. The molecule has 0 saturated carbocycles. The molecule has 1 fully saturated rings. The summed E-state index contributed by atoms with van der Waals surface area (Å²) in [6.45, 7) is 3.23. The molecule has 1 unspecified atom stereocenters. The van der Waals surface area contributed by atoms with Crippen molar-refractivity contribution in [1.29, 1.82) is 0 Å². The molecule has 3 nitrogen and oxygen atoms in total. The van der Waals surface area contributed by atoms with Gasteiger partial charge in [-0.05, 0) is 37.8 Å². The summed E-state index contributed by atoms with van der Waals surface area (Å²) in [6.07, 6.45) is 1.73. The Bertz CT molecular complexity index is 474. The number of benzene rings is 1. The lowest BCUT2D eigenvalue weighted by Crippen LogP contribution is -2.42. The van der Waals surface area contributed by atoms with Gasteiger partial charge in [-0.2, -0.15) is 0 Å². The monoisotopic (exact) mass is 320 g/mol. The zero-order chi connectivity index (χ0) is 14.0. The smallest absolute Gasteiger partial charge is 0.256 e.